The predicted molar refractivity (Wildman–Crippen MR) is 148 cm³/mol. The van der Waals surface area contributed by atoms with Crippen molar-refractivity contribution in [2.75, 3.05) is 0 Å². The highest BCUT2D eigenvalue weighted by molar-refractivity contribution is 5.97. The molecule has 3 aromatic rings. The van der Waals surface area contributed by atoms with Crippen molar-refractivity contribution < 1.29 is 19.4 Å². The van der Waals surface area contributed by atoms with Gasteiger partial charge in [0.25, 0.3) is 0 Å². The Labute approximate surface area is 220 Å². The minimum atomic E-state index is -1.01. The maximum Gasteiger partial charge on any atom is 0.343 e. The number of carbonyl (C=O) groups excluding carboxylic acids is 1. The summed E-state index contributed by atoms with van der Waals surface area (Å²) in [5.74, 6) is 0.594. The van der Waals surface area contributed by atoms with Crippen LogP contribution in [0, 0.1) is 11.8 Å². The summed E-state index contributed by atoms with van der Waals surface area (Å²) in [6.45, 7) is 4.42. The molecule has 0 atom stereocenters. The van der Waals surface area contributed by atoms with Crippen LogP contribution in [-0.2, 0) is 12.8 Å². The summed E-state index contributed by atoms with van der Waals surface area (Å²) >= 11 is 0. The number of carboxylic acids is 1. The fourth-order valence-electron chi connectivity index (χ4n) is 5.42. The standard InChI is InChI=1S/C33H38O4/c1-3-5-24-14-18-28(19-15-24)33(36)37-29-20-21-30(32(34)35)31(22-29)27-16-12-26(13-17-27)11-10-25-8-6-23(4-2)7-9-25/h12-23,25H,3-11H2,1-2H3,(H,34,35). The first-order valence-corrected chi connectivity index (χ1v) is 13.7. The van der Waals surface area contributed by atoms with Crippen molar-refractivity contribution in [1.29, 1.82) is 0 Å². The van der Waals surface area contributed by atoms with Crippen molar-refractivity contribution in [2.24, 2.45) is 11.8 Å². The Bertz CT molecular complexity index is 1190. The average Bonchev–Trinajstić information content (AvgIpc) is 2.93. The number of hydrogen-bond acceptors (Lipinski definition) is 3. The third-order valence-electron chi connectivity index (χ3n) is 7.81. The molecule has 0 saturated heterocycles. The second kappa shape index (κ2) is 12.7. The molecule has 4 rings (SSSR count). The number of aryl methyl sites for hydroxylation is 2. The van der Waals surface area contributed by atoms with Crippen LogP contribution in [0.4, 0.5) is 0 Å². The van der Waals surface area contributed by atoms with Gasteiger partial charge in [-0.1, -0.05) is 88.8 Å². The molecule has 0 radical (unpaired) electrons. The number of ether oxygens (including phenoxy) is 1. The molecule has 0 bridgehead atoms. The second-order valence-electron chi connectivity index (χ2n) is 10.4. The number of benzene rings is 3. The highest BCUT2D eigenvalue weighted by Crippen LogP contribution is 2.34. The minimum Gasteiger partial charge on any atom is -0.478 e. The molecule has 1 fully saturated rings. The van der Waals surface area contributed by atoms with Crippen LogP contribution in [0.2, 0.25) is 0 Å². The van der Waals surface area contributed by atoms with Gasteiger partial charge in [0.05, 0.1) is 11.1 Å². The number of aromatic carboxylic acids is 1. The molecule has 194 valence electrons. The zero-order valence-electron chi connectivity index (χ0n) is 22.0. The Morgan fingerprint density at radius 3 is 2.05 bits per heavy atom. The Balaban J connectivity index is 1.44. The molecule has 3 aromatic carbocycles. The van der Waals surface area contributed by atoms with Gasteiger partial charge in [0.2, 0.25) is 0 Å². The first-order chi connectivity index (χ1) is 18.0. The molecule has 0 heterocycles. The summed E-state index contributed by atoms with van der Waals surface area (Å²) in [6, 6.07) is 20.3. The van der Waals surface area contributed by atoms with Gasteiger partial charge in [0.1, 0.15) is 5.75 Å². The molecule has 1 aliphatic rings. The topological polar surface area (TPSA) is 63.6 Å². The van der Waals surface area contributed by atoms with Crippen LogP contribution < -0.4 is 4.74 Å². The van der Waals surface area contributed by atoms with Crippen LogP contribution >= 0.6 is 0 Å². The van der Waals surface area contributed by atoms with Crippen LogP contribution in [0.15, 0.2) is 66.7 Å². The molecule has 0 aliphatic heterocycles. The monoisotopic (exact) mass is 498 g/mol. The number of hydrogen-bond donors (Lipinski definition) is 1. The molecular weight excluding hydrogens is 460 g/mol. The largest absolute Gasteiger partial charge is 0.478 e. The van der Waals surface area contributed by atoms with E-state index < -0.39 is 11.9 Å². The number of carbonyl (C=O) groups is 2. The smallest absolute Gasteiger partial charge is 0.343 e. The molecule has 4 nitrogen and oxygen atoms in total. The van der Waals surface area contributed by atoms with Gasteiger partial charge < -0.3 is 9.84 Å². The lowest BCUT2D eigenvalue weighted by atomic mass is 9.78. The summed E-state index contributed by atoms with van der Waals surface area (Å²) in [7, 11) is 0. The number of esters is 1. The SMILES string of the molecule is CCCc1ccc(C(=O)Oc2ccc(C(=O)O)c(-c3ccc(CCC4CCC(CC)CC4)cc3)c2)cc1. The van der Waals surface area contributed by atoms with E-state index in [0.29, 0.717) is 16.9 Å². The third-order valence-corrected chi connectivity index (χ3v) is 7.81. The Morgan fingerprint density at radius 2 is 1.43 bits per heavy atom. The van der Waals surface area contributed by atoms with Crippen molar-refractivity contribution in [3.63, 3.8) is 0 Å². The van der Waals surface area contributed by atoms with Crippen molar-refractivity contribution in [1.82, 2.24) is 0 Å². The van der Waals surface area contributed by atoms with Gasteiger partial charge >= 0.3 is 11.9 Å². The molecule has 1 saturated carbocycles. The molecule has 0 spiro atoms. The van der Waals surface area contributed by atoms with Crippen molar-refractivity contribution in [2.45, 2.75) is 71.6 Å². The molecule has 1 aliphatic carbocycles. The minimum absolute atomic E-state index is 0.184. The van der Waals surface area contributed by atoms with Crippen LogP contribution in [0.1, 0.15) is 90.6 Å². The molecule has 37 heavy (non-hydrogen) atoms. The lowest BCUT2D eigenvalue weighted by molar-refractivity contribution is 0.0697. The summed E-state index contributed by atoms with van der Waals surface area (Å²) in [5, 5.41) is 9.76. The molecular formula is C33H38O4. The second-order valence-corrected chi connectivity index (χ2v) is 10.4. The first kappa shape index (κ1) is 26.7. The lowest BCUT2D eigenvalue weighted by Gasteiger charge is -2.27. The van der Waals surface area contributed by atoms with Crippen molar-refractivity contribution in [3.8, 4) is 16.9 Å². The van der Waals surface area contributed by atoms with Crippen LogP contribution in [0.5, 0.6) is 5.75 Å². The van der Waals surface area contributed by atoms with E-state index >= 15 is 0 Å². The van der Waals surface area contributed by atoms with E-state index in [2.05, 4.69) is 26.0 Å². The van der Waals surface area contributed by atoms with Gasteiger partial charge in [-0.05, 0) is 83.7 Å². The van der Waals surface area contributed by atoms with E-state index in [-0.39, 0.29) is 5.56 Å². The third kappa shape index (κ3) is 7.09. The molecule has 0 amide bonds. The van der Waals surface area contributed by atoms with Gasteiger partial charge in [-0.25, -0.2) is 9.59 Å². The van der Waals surface area contributed by atoms with Gasteiger partial charge in [-0.15, -0.1) is 0 Å². The fourth-order valence-corrected chi connectivity index (χ4v) is 5.42. The van der Waals surface area contributed by atoms with Gasteiger partial charge in [0.15, 0.2) is 0 Å². The summed E-state index contributed by atoms with van der Waals surface area (Å²) < 4.78 is 5.61. The van der Waals surface area contributed by atoms with E-state index in [1.54, 1.807) is 18.2 Å². The lowest BCUT2D eigenvalue weighted by Crippen LogP contribution is -2.14. The number of carboxylic acid groups (broad SMARTS) is 1. The highest BCUT2D eigenvalue weighted by atomic mass is 16.5. The zero-order chi connectivity index (χ0) is 26.2. The van der Waals surface area contributed by atoms with Crippen molar-refractivity contribution >= 4 is 11.9 Å². The Kier molecular flexibility index (Phi) is 9.16. The summed E-state index contributed by atoms with van der Waals surface area (Å²) in [5.41, 5.74) is 4.44. The fraction of sp³-hybridized carbons (Fsp3) is 0.394. The van der Waals surface area contributed by atoms with Crippen molar-refractivity contribution in [3.05, 3.63) is 89.0 Å². The Hall–Kier alpha value is -3.40. The predicted octanol–water partition coefficient (Wildman–Crippen LogP) is 8.37. The van der Waals surface area contributed by atoms with Gasteiger partial charge in [-0.2, -0.15) is 0 Å². The maximum atomic E-state index is 12.7. The molecule has 4 heteroatoms. The Morgan fingerprint density at radius 1 is 0.811 bits per heavy atom. The normalized spacial score (nSPS) is 17.4. The zero-order valence-corrected chi connectivity index (χ0v) is 22.0. The summed E-state index contributed by atoms with van der Waals surface area (Å²) in [4.78, 5) is 24.6. The average molecular weight is 499 g/mol. The van der Waals surface area contributed by atoms with Crippen LogP contribution in [-0.4, -0.2) is 17.0 Å². The van der Waals surface area contributed by atoms with Crippen LogP contribution in [0.25, 0.3) is 11.1 Å². The van der Waals surface area contributed by atoms with Gasteiger partial charge in [-0.3, -0.25) is 0 Å². The summed E-state index contributed by atoms with van der Waals surface area (Å²) in [6.07, 6.45) is 11.0. The maximum absolute atomic E-state index is 12.7. The van der Waals surface area contributed by atoms with Crippen LogP contribution in [0.3, 0.4) is 0 Å². The van der Waals surface area contributed by atoms with E-state index in [9.17, 15) is 14.7 Å². The van der Waals surface area contributed by atoms with E-state index in [1.165, 1.54) is 61.8 Å². The number of rotatable bonds is 10. The van der Waals surface area contributed by atoms with E-state index in [0.717, 1.165) is 36.7 Å². The highest BCUT2D eigenvalue weighted by Gasteiger charge is 2.20. The molecule has 1 N–H and O–H groups in total. The first-order valence-electron chi connectivity index (χ1n) is 13.7. The van der Waals surface area contributed by atoms with Gasteiger partial charge in [0, 0.05) is 0 Å². The van der Waals surface area contributed by atoms with E-state index in [1.807, 2.05) is 24.3 Å². The van der Waals surface area contributed by atoms with E-state index in [4.69, 9.17) is 4.74 Å². The molecule has 0 aromatic heterocycles. The molecule has 0 unspecified atom stereocenters. The quantitative estimate of drug-likeness (QED) is 0.225.